The van der Waals surface area contributed by atoms with Crippen molar-refractivity contribution in [2.75, 3.05) is 17.6 Å². The van der Waals surface area contributed by atoms with Gasteiger partial charge in [-0.25, -0.2) is 4.98 Å². The Morgan fingerprint density at radius 2 is 2.19 bits per heavy atom. The van der Waals surface area contributed by atoms with Crippen LogP contribution in [0, 0.1) is 0 Å². The number of thiazole rings is 1. The molecule has 0 aliphatic rings. The zero-order chi connectivity index (χ0) is 15.5. The number of rotatable bonds is 5. The average Bonchev–Trinajstić information content (AvgIpc) is 2.93. The molecule has 1 heterocycles. The highest BCUT2D eigenvalue weighted by Crippen LogP contribution is 2.30. The summed E-state index contributed by atoms with van der Waals surface area (Å²) in [4.78, 5) is 16.5. The standard InChI is InChI=1S/C15H20N4OS/c1-4-17-13(20)11-6-5-10(16)9-12(11)19-15(2,3)14-18-7-8-21-14/h5-9,19H,4,16H2,1-3H3,(H,17,20). The molecule has 2 aromatic rings. The van der Waals surface area contributed by atoms with Crippen LogP contribution in [-0.4, -0.2) is 17.4 Å². The Morgan fingerprint density at radius 3 is 2.81 bits per heavy atom. The quantitative estimate of drug-likeness (QED) is 0.742. The van der Waals surface area contributed by atoms with Crippen LogP contribution in [0.4, 0.5) is 11.4 Å². The topological polar surface area (TPSA) is 80.0 Å². The summed E-state index contributed by atoms with van der Waals surface area (Å²) in [5, 5.41) is 9.07. The smallest absolute Gasteiger partial charge is 0.253 e. The number of hydrogen-bond donors (Lipinski definition) is 3. The molecule has 1 aromatic heterocycles. The van der Waals surface area contributed by atoms with Crippen LogP contribution in [-0.2, 0) is 5.54 Å². The number of nitrogen functional groups attached to an aromatic ring is 1. The second kappa shape index (κ2) is 6.13. The first-order valence-electron chi connectivity index (χ1n) is 6.80. The van der Waals surface area contributed by atoms with Crippen LogP contribution in [0.5, 0.6) is 0 Å². The van der Waals surface area contributed by atoms with Gasteiger partial charge in [-0.2, -0.15) is 0 Å². The maximum atomic E-state index is 12.1. The van der Waals surface area contributed by atoms with Gasteiger partial charge in [0.1, 0.15) is 5.01 Å². The zero-order valence-corrected chi connectivity index (χ0v) is 13.3. The summed E-state index contributed by atoms with van der Waals surface area (Å²) in [7, 11) is 0. The van der Waals surface area contributed by atoms with Crippen molar-refractivity contribution in [3.8, 4) is 0 Å². The van der Waals surface area contributed by atoms with Crippen LogP contribution in [0.15, 0.2) is 29.8 Å². The Hall–Kier alpha value is -2.08. The van der Waals surface area contributed by atoms with E-state index >= 15 is 0 Å². The van der Waals surface area contributed by atoms with Crippen LogP contribution in [0.2, 0.25) is 0 Å². The van der Waals surface area contributed by atoms with Crippen molar-refractivity contribution >= 4 is 28.6 Å². The maximum Gasteiger partial charge on any atom is 0.253 e. The monoisotopic (exact) mass is 304 g/mol. The van der Waals surface area contributed by atoms with Crippen molar-refractivity contribution < 1.29 is 4.79 Å². The second-order valence-electron chi connectivity index (χ2n) is 5.25. The van der Waals surface area contributed by atoms with Gasteiger partial charge < -0.3 is 16.4 Å². The molecule has 6 heteroatoms. The Morgan fingerprint density at radius 1 is 1.43 bits per heavy atom. The summed E-state index contributed by atoms with van der Waals surface area (Å²) in [5.74, 6) is -0.116. The van der Waals surface area contributed by atoms with E-state index in [2.05, 4.69) is 15.6 Å². The van der Waals surface area contributed by atoms with E-state index in [1.807, 2.05) is 26.2 Å². The molecule has 0 atom stereocenters. The molecule has 0 aliphatic heterocycles. The summed E-state index contributed by atoms with van der Waals surface area (Å²) in [6.07, 6.45) is 1.77. The first-order chi connectivity index (χ1) is 9.94. The minimum Gasteiger partial charge on any atom is -0.399 e. The van der Waals surface area contributed by atoms with E-state index in [4.69, 9.17) is 5.73 Å². The molecule has 0 spiro atoms. The average molecular weight is 304 g/mol. The van der Waals surface area contributed by atoms with Crippen LogP contribution in [0.3, 0.4) is 0 Å². The minimum atomic E-state index is -0.386. The molecule has 5 nitrogen and oxygen atoms in total. The van der Waals surface area contributed by atoms with Gasteiger partial charge in [-0.05, 0) is 39.0 Å². The van der Waals surface area contributed by atoms with Crippen LogP contribution < -0.4 is 16.4 Å². The predicted molar refractivity (Wildman–Crippen MR) is 87.6 cm³/mol. The third-order valence-corrected chi connectivity index (χ3v) is 4.14. The Balaban J connectivity index is 2.34. The van der Waals surface area contributed by atoms with Crippen molar-refractivity contribution in [3.63, 3.8) is 0 Å². The predicted octanol–water partition coefficient (Wildman–Crippen LogP) is 2.82. The van der Waals surface area contributed by atoms with Gasteiger partial charge in [-0.3, -0.25) is 4.79 Å². The van der Waals surface area contributed by atoms with Crippen molar-refractivity contribution in [1.29, 1.82) is 0 Å². The highest BCUT2D eigenvalue weighted by molar-refractivity contribution is 7.09. The molecule has 0 radical (unpaired) electrons. The van der Waals surface area contributed by atoms with E-state index in [1.54, 1.807) is 35.7 Å². The molecular weight excluding hydrogens is 284 g/mol. The molecule has 0 unspecified atom stereocenters. The van der Waals surface area contributed by atoms with Gasteiger partial charge >= 0.3 is 0 Å². The summed E-state index contributed by atoms with van der Waals surface area (Å²) in [5.41, 5.74) is 7.37. The number of carbonyl (C=O) groups is 1. The minimum absolute atomic E-state index is 0.116. The molecule has 2 rings (SSSR count). The van der Waals surface area contributed by atoms with Crippen LogP contribution in [0.25, 0.3) is 0 Å². The fourth-order valence-corrected chi connectivity index (χ4v) is 2.76. The van der Waals surface area contributed by atoms with Gasteiger partial charge in [0.25, 0.3) is 5.91 Å². The van der Waals surface area contributed by atoms with Crippen molar-refractivity contribution in [2.24, 2.45) is 0 Å². The van der Waals surface area contributed by atoms with Crippen LogP contribution in [0.1, 0.15) is 36.1 Å². The largest absolute Gasteiger partial charge is 0.399 e. The van der Waals surface area contributed by atoms with Gasteiger partial charge in [-0.15, -0.1) is 11.3 Å². The van der Waals surface area contributed by atoms with Crippen molar-refractivity contribution in [3.05, 3.63) is 40.3 Å². The van der Waals surface area contributed by atoms with E-state index in [0.29, 0.717) is 23.5 Å². The first kappa shape index (κ1) is 15.3. The summed E-state index contributed by atoms with van der Waals surface area (Å²) >= 11 is 1.57. The molecule has 4 N–H and O–H groups in total. The molecule has 1 aromatic carbocycles. The number of anilines is 2. The first-order valence-corrected chi connectivity index (χ1v) is 7.68. The van der Waals surface area contributed by atoms with Crippen molar-refractivity contribution in [2.45, 2.75) is 26.3 Å². The number of aromatic nitrogens is 1. The molecule has 112 valence electrons. The third-order valence-electron chi connectivity index (χ3n) is 3.04. The molecule has 21 heavy (non-hydrogen) atoms. The number of nitrogens with zero attached hydrogens (tertiary/aromatic N) is 1. The lowest BCUT2D eigenvalue weighted by molar-refractivity contribution is 0.0956. The van der Waals surface area contributed by atoms with Gasteiger partial charge in [0.15, 0.2) is 0 Å². The lowest BCUT2D eigenvalue weighted by atomic mass is 10.0. The second-order valence-corrected chi connectivity index (χ2v) is 6.15. The van der Waals surface area contributed by atoms with Gasteiger partial charge in [0, 0.05) is 29.5 Å². The zero-order valence-electron chi connectivity index (χ0n) is 12.4. The molecule has 0 saturated carbocycles. The fourth-order valence-electron chi connectivity index (χ4n) is 2.04. The Kier molecular flexibility index (Phi) is 4.47. The molecule has 0 bridgehead atoms. The number of carbonyl (C=O) groups excluding carboxylic acids is 1. The van der Waals surface area contributed by atoms with Gasteiger partial charge in [0.05, 0.1) is 11.1 Å². The highest BCUT2D eigenvalue weighted by Gasteiger charge is 2.25. The SMILES string of the molecule is CCNC(=O)c1ccc(N)cc1NC(C)(C)c1nccs1. The molecule has 0 fully saturated rings. The van der Waals surface area contributed by atoms with Gasteiger partial charge in [0.2, 0.25) is 0 Å². The summed E-state index contributed by atoms with van der Waals surface area (Å²) in [6.45, 7) is 6.52. The summed E-state index contributed by atoms with van der Waals surface area (Å²) in [6, 6.07) is 5.24. The fraction of sp³-hybridized carbons (Fsp3) is 0.333. The Labute approximate surface area is 128 Å². The number of nitrogens with two attached hydrogens (primary N) is 1. The van der Waals surface area contributed by atoms with E-state index in [1.165, 1.54) is 0 Å². The number of nitrogens with one attached hydrogen (secondary N) is 2. The highest BCUT2D eigenvalue weighted by atomic mass is 32.1. The third kappa shape index (κ3) is 3.52. The summed E-state index contributed by atoms with van der Waals surface area (Å²) < 4.78 is 0. The number of amides is 1. The Bertz CT molecular complexity index is 623. The van der Waals surface area contributed by atoms with E-state index < -0.39 is 0 Å². The van der Waals surface area contributed by atoms with E-state index in [0.717, 1.165) is 5.01 Å². The lowest BCUT2D eigenvalue weighted by Crippen LogP contribution is -2.30. The van der Waals surface area contributed by atoms with E-state index in [9.17, 15) is 4.79 Å². The van der Waals surface area contributed by atoms with Gasteiger partial charge in [-0.1, -0.05) is 0 Å². The maximum absolute atomic E-state index is 12.1. The van der Waals surface area contributed by atoms with Crippen LogP contribution >= 0.6 is 11.3 Å². The van der Waals surface area contributed by atoms with E-state index in [-0.39, 0.29) is 11.4 Å². The normalized spacial score (nSPS) is 11.2. The molecule has 1 amide bonds. The molecular formula is C15H20N4OS. The lowest BCUT2D eigenvalue weighted by Gasteiger charge is -2.26. The van der Waals surface area contributed by atoms with Crippen molar-refractivity contribution in [1.82, 2.24) is 10.3 Å². The number of benzene rings is 1. The number of hydrogen-bond acceptors (Lipinski definition) is 5. The molecule has 0 aliphatic carbocycles. The molecule has 0 saturated heterocycles.